The van der Waals surface area contributed by atoms with Crippen molar-refractivity contribution in [3.8, 4) is 0 Å². The van der Waals surface area contributed by atoms with Gasteiger partial charge in [-0.1, -0.05) is 15.9 Å². The first kappa shape index (κ1) is 10.1. The molecule has 3 nitrogen and oxygen atoms in total. The monoisotopic (exact) mass is 243 g/mol. The van der Waals surface area contributed by atoms with E-state index in [4.69, 9.17) is 4.74 Å². The second-order valence-corrected chi connectivity index (χ2v) is 3.11. The van der Waals surface area contributed by atoms with Crippen molar-refractivity contribution in [1.29, 1.82) is 0 Å². The van der Waals surface area contributed by atoms with Gasteiger partial charge in [-0.2, -0.15) is 0 Å². The predicted octanol–water partition coefficient (Wildman–Crippen LogP) is 1.78. The van der Waals surface area contributed by atoms with Crippen molar-refractivity contribution < 1.29 is 9.53 Å². The van der Waals surface area contributed by atoms with Crippen molar-refractivity contribution in [2.45, 2.75) is 0 Å². The highest BCUT2D eigenvalue weighted by molar-refractivity contribution is 9.09. The normalized spacial score (nSPS) is 15.2. The minimum atomic E-state index is 0.616. The van der Waals surface area contributed by atoms with E-state index < -0.39 is 0 Å². The molecule has 0 spiro atoms. The van der Waals surface area contributed by atoms with Crippen LogP contribution in [-0.4, -0.2) is 23.2 Å². The van der Waals surface area contributed by atoms with Gasteiger partial charge in [-0.15, -0.1) is 0 Å². The Labute approximate surface area is 85.5 Å². The smallest absolute Gasteiger partial charge is 0.217 e. The number of ether oxygens (including phenoxy) is 1. The summed E-state index contributed by atoms with van der Waals surface area (Å²) in [6.07, 6.45) is 9.36. The van der Waals surface area contributed by atoms with Crippen molar-refractivity contribution >= 4 is 22.3 Å². The van der Waals surface area contributed by atoms with Gasteiger partial charge in [0.1, 0.15) is 5.76 Å². The topological polar surface area (TPSA) is 29.5 Å². The minimum absolute atomic E-state index is 0.616. The number of hydrogen-bond acceptors (Lipinski definition) is 2. The molecule has 1 heterocycles. The van der Waals surface area contributed by atoms with E-state index in [-0.39, 0.29) is 0 Å². The predicted molar refractivity (Wildman–Crippen MR) is 54.0 cm³/mol. The van der Waals surface area contributed by atoms with Crippen LogP contribution < -0.4 is 0 Å². The fourth-order valence-corrected chi connectivity index (χ4v) is 0.987. The van der Waals surface area contributed by atoms with E-state index >= 15 is 0 Å². The Morgan fingerprint density at radius 1 is 1.54 bits per heavy atom. The molecule has 1 aliphatic rings. The van der Waals surface area contributed by atoms with E-state index in [9.17, 15) is 4.79 Å². The highest BCUT2D eigenvalue weighted by Crippen LogP contribution is 2.05. The first-order valence-electron chi connectivity index (χ1n) is 3.85. The molecular weight excluding hydrogens is 234 g/mol. The van der Waals surface area contributed by atoms with Crippen molar-refractivity contribution in [1.82, 2.24) is 4.90 Å². The third-order valence-electron chi connectivity index (χ3n) is 1.40. The average Bonchev–Trinajstić information content (AvgIpc) is 2.39. The molecule has 0 radical (unpaired) electrons. The molecule has 1 amide bonds. The molecule has 1 rings (SSSR count). The number of alkyl halides is 1. The molecule has 4 heteroatoms. The minimum Gasteiger partial charge on any atom is -0.493 e. The van der Waals surface area contributed by atoms with Crippen LogP contribution in [0.25, 0.3) is 0 Å². The van der Waals surface area contributed by atoms with E-state index in [0.717, 1.165) is 17.5 Å². The van der Waals surface area contributed by atoms with Gasteiger partial charge in [0.15, 0.2) is 0 Å². The molecule has 0 atom stereocenters. The quantitative estimate of drug-likeness (QED) is 0.557. The zero-order valence-electron chi connectivity index (χ0n) is 7.02. The lowest BCUT2D eigenvalue weighted by atomic mass is 10.4. The molecule has 0 bridgehead atoms. The molecule has 0 saturated heterocycles. The Hall–Kier alpha value is -1.03. The van der Waals surface area contributed by atoms with Crippen LogP contribution in [0.3, 0.4) is 0 Å². The van der Waals surface area contributed by atoms with Gasteiger partial charge in [0.25, 0.3) is 0 Å². The maximum atomic E-state index is 10.4. The fourth-order valence-electron chi connectivity index (χ4n) is 0.825. The summed E-state index contributed by atoms with van der Waals surface area (Å²) in [5.74, 6) is 0.750. The van der Waals surface area contributed by atoms with Gasteiger partial charge >= 0.3 is 0 Å². The third kappa shape index (κ3) is 3.46. The lowest BCUT2D eigenvalue weighted by Crippen LogP contribution is -2.04. The molecule has 0 aromatic rings. The Bertz CT molecular complexity index is 258. The van der Waals surface area contributed by atoms with E-state index in [1.54, 1.807) is 24.6 Å². The number of allylic oxidation sites excluding steroid dienone is 3. The Kier molecular flexibility index (Phi) is 4.32. The molecule has 0 aromatic carbocycles. The number of amides is 1. The van der Waals surface area contributed by atoms with E-state index in [0.29, 0.717) is 6.61 Å². The molecule has 1 aliphatic heterocycles. The van der Waals surface area contributed by atoms with Gasteiger partial charge in [0, 0.05) is 17.7 Å². The summed E-state index contributed by atoms with van der Waals surface area (Å²) < 4.78 is 5.34. The molecule has 0 aromatic heterocycles. The molecule has 0 N–H and O–H groups in total. The fraction of sp³-hybridized carbons (Fsp3) is 0.222. The van der Waals surface area contributed by atoms with Gasteiger partial charge in [-0.25, -0.2) is 0 Å². The van der Waals surface area contributed by atoms with Crippen molar-refractivity contribution in [3.63, 3.8) is 0 Å². The molecule has 70 valence electrons. The van der Waals surface area contributed by atoms with Crippen LogP contribution in [-0.2, 0) is 9.53 Å². The molecule has 0 saturated carbocycles. The Balaban J connectivity index is 2.54. The third-order valence-corrected chi connectivity index (χ3v) is 1.72. The zero-order valence-corrected chi connectivity index (χ0v) is 8.61. The summed E-state index contributed by atoms with van der Waals surface area (Å²) in [6, 6.07) is 0. The van der Waals surface area contributed by atoms with Crippen LogP contribution in [0.15, 0.2) is 36.4 Å². The highest BCUT2D eigenvalue weighted by atomic mass is 79.9. The van der Waals surface area contributed by atoms with Crippen LogP contribution in [0.5, 0.6) is 0 Å². The Morgan fingerprint density at radius 3 is 3.08 bits per heavy atom. The summed E-state index contributed by atoms with van der Waals surface area (Å²) in [7, 11) is 0. The van der Waals surface area contributed by atoms with E-state index in [1.807, 2.05) is 6.08 Å². The summed E-state index contributed by atoms with van der Waals surface area (Å²) in [5.41, 5.74) is 0. The van der Waals surface area contributed by atoms with Gasteiger partial charge in [0.05, 0.1) is 6.61 Å². The highest BCUT2D eigenvalue weighted by Gasteiger charge is 1.97. The van der Waals surface area contributed by atoms with Crippen LogP contribution in [0, 0.1) is 0 Å². The number of hydrogen-bond donors (Lipinski definition) is 0. The first-order valence-corrected chi connectivity index (χ1v) is 4.97. The second-order valence-electron chi connectivity index (χ2n) is 2.32. The molecule has 13 heavy (non-hydrogen) atoms. The van der Waals surface area contributed by atoms with Gasteiger partial charge in [-0.3, -0.25) is 9.69 Å². The average molecular weight is 244 g/mol. The van der Waals surface area contributed by atoms with E-state index in [2.05, 4.69) is 15.9 Å². The SMILES string of the molecule is O=CN1C=CC=C(OCCBr)C=C1. The zero-order chi connectivity index (χ0) is 9.52. The van der Waals surface area contributed by atoms with Gasteiger partial charge in [0.2, 0.25) is 6.41 Å². The summed E-state index contributed by atoms with van der Waals surface area (Å²) >= 11 is 3.26. The second kappa shape index (κ2) is 5.59. The summed E-state index contributed by atoms with van der Waals surface area (Å²) in [5, 5.41) is 0.791. The Morgan fingerprint density at radius 2 is 2.38 bits per heavy atom. The molecule has 0 aliphatic carbocycles. The summed E-state index contributed by atoms with van der Waals surface area (Å²) in [6.45, 7) is 0.616. The van der Waals surface area contributed by atoms with Crippen LogP contribution in [0.4, 0.5) is 0 Å². The number of halogens is 1. The van der Waals surface area contributed by atoms with Crippen LogP contribution in [0.1, 0.15) is 0 Å². The molecule has 0 unspecified atom stereocenters. The molecule has 0 fully saturated rings. The van der Waals surface area contributed by atoms with Gasteiger partial charge in [-0.05, 0) is 18.2 Å². The lowest BCUT2D eigenvalue weighted by molar-refractivity contribution is -0.114. The largest absolute Gasteiger partial charge is 0.493 e. The van der Waals surface area contributed by atoms with Crippen molar-refractivity contribution in [2.75, 3.05) is 11.9 Å². The maximum Gasteiger partial charge on any atom is 0.217 e. The standard InChI is InChI=1S/C9H10BrNO2/c10-4-7-13-9-2-1-5-11(8-12)6-3-9/h1-3,5-6,8H,4,7H2. The van der Waals surface area contributed by atoms with E-state index in [1.165, 1.54) is 4.90 Å². The number of carbonyl (C=O) groups excluding carboxylic acids is 1. The summed E-state index contributed by atoms with van der Waals surface area (Å²) in [4.78, 5) is 11.8. The van der Waals surface area contributed by atoms with Crippen molar-refractivity contribution in [3.05, 3.63) is 36.4 Å². The van der Waals surface area contributed by atoms with Crippen LogP contribution in [0.2, 0.25) is 0 Å². The number of carbonyl (C=O) groups is 1. The van der Waals surface area contributed by atoms with Crippen molar-refractivity contribution in [2.24, 2.45) is 0 Å². The maximum absolute atomic E-state index is 10.4. The lowest BCUT2D eigenvalue weighted by Gasteiger charge is -2.03. The molecular formula is C9H10BrNO2. The first-order chi connectivity index (χ1) is 6.36. The number of nitrogens with zero attached hydrogens (tertiary/aromatic N) is 1. The van der Waals surface area contributed by atoms with Gasteiger partial charge < -0.3 is 4.74 Å². The number of rotatable bonds is 4. The van der Waals surface area contributed by atoms with Crippen LogP contribution >= 0.6 is 15.9 Å².